The monoisotopic (exact) mass is 299 g/mol. The van der Waals surface area contributed by atoms with E-state index >= 15 is 0 Å². The molecule has 0 atom stereocenters. The lowest BCUT2D eigenvalue weighted by Gasteiger charge is -2.01. The van der Waals surface area contributed by atoms with Gasteiger partial charge in [-0.25, -0.2) is 4.98 Å². The molecule has 0 fully saturated rings. The standard InChI is InChI=1S/C17H11Cl2N/c18-15-5-3-6-16(19)14(15)11-10-13-9-8-12-4-1-2-7-17(12)20-13/h1-11H/b11-10+. The highest BCUT2D eigenvalue weighted by atomic mass is 35.5. The van der Waals surface area contributed by atoms with Crippen molar-refractivity contribution in [1.82, 2.24) is 4.98 Å². The van der Waals surface area contributed by atoms with Crippen LogP contribution in [0.2, 0.25) is 10.0 Å². The first-order valence-corrected chi connectivity index (χ1v) is 6.97. The van der Waals surface area contributed by atoms with E-state index in [2.05, 4.69) is 11.1 Å². The number of rotatable bonds is 2. The van der Waals surface area contributed by atoms with E-state index in [1.165, 1.54) is 0 Å². The van der Waals surface area contributed by atoms with Gasteiger partial charge in [0.05, 0.1) is 11.2 Å². The SMILES string of the molecule is Clc1cccc(Cl)c1/C=C/c1ccc2ccccc2n1. The fourth-order valence-electron chi connectivity index (χ4n) is 2.01. The van der Waals surface area contributed by atoms with Crippen LogP contribution >= 0.6 is 23.2 Å². The Hall–Kier alpha value is -1.83. The molecule has 0 unspecified atom stereocenters. The van der Waals surface area contributed by atoms with Crippen molar-refractivity contribution in [1.29, 1.82) is 0 Å². The summed E-state index contributed by atoms with van der Waals surface area (Å²) < 4.78 is 0. The summed E-state index contributed by atoms with van der Waals surface area (Å²) in [5.74, 6) is 0. The molecule has 0 amide bonds. The van der Waals surface area contributed by atoms with Crippen LogP contribution in [0.3, 0.4) is 0 Å². The van der Waals surface area contributed by atoms with E-state index in [1.807, 2.05) is 60.7 Å². The molecule has 2 aromatic carbocycles. The van der Waals surface area contributed by atoms with Gasteiger partial charge in [0, 0.05) is 21.0 Å². The van der Waals surface area contributed by atoms with E-state index in [-0.39, 0.29) is 0 Å². The summed E-state index contributed by atoms with van der Waals surface area (Å²) in [4.78, 5) is 4.58. The number of fused-ring (bicyclic) bond motifs is 1. The summed E-state index contributed by atoms with van der Waals surface area (Å²) >= 11 is 12.3. The molecule has 0 aliphatic rings. The van der Waals surface area contributed by atoms with Gasteiger partial charge in [0.25, 0.3) is 0 Å². The van der Waals surface area contributed by atoms with E-state index < -0.39 is 0 Å². The van der Waals surface area contributed by atoms with Crippen LogP contribution in [0.15, 0.2) is 54.6 Å². The molecule has 0 spiro atoms. The van der Waals surface area contributed by atoms with Crippen LogP contribution in [0.1, 0.15) is 11.3 Å². The Morgan fingerprint density at radius 3 is 2.30 bits per heavy atom. The largest absolute Gasteiger partial charge is 0.248 e. The van der Waals surface area contributed by atoms with Crippen molar-refractivity contribution in [3.63, 3.8) is 0 Å². The fourth-order valence-corrected chi connectivity index (χ4v) is 2.54. The van der Waals surface area contributed by atoms with Gasteiger partial charge in [-0.2, -0.15) is 0 Å². The van der Waals surface area contributed by atoms with Gasteiger partial charge < -0.3 is 0 Å². The summed E-state index contributed by atoms with van der Waals surface area (Å²) in [6.45, 7) is 0. The number of benzene rings is 2. The predicted molar refractivity (Wildman–Crippen MR) is 87.1 cm³/mol. The van der Waals surface area contributed by atoms with Crippen LogP contribution < -0.4 is 0 Å². The highest BCUT2D eigenvalue weighted by molar-refractivity contribution is 6.37. The lowest BCUT2D eigenvalue weighted by Crippen LogP contribution is -1.83. The maximum atomic E-state index is 6.13. The zero-order valence-corrected chi connectivity index (χ0v) is 12.1. The molecule has 0 bridgehead atoms. The molecule has 20 heavy (non-hydrogen) atoms. The second-order valence-electron chi connectivity index (χ2n) is 4.40. The number of halogens is 2. The number of nitrogens with zero attached hydrogens (tertiary/aromatic N) is 1. The van der Waals surface area contributed by atoms with Crippen LogP contribution in [-0.4, -0.2) is 4.98 Å². The van der Waals surface area contributed by atoms with Crippen molar-refractivity contribution < 1.29 is 0 Å². The molecule has 0 saturated heterocycles. The maximum Gasteiger partial charge on any atom is 0.0709 e. The molecule has 0 N–H and O–H groups in total. The average Bonchev–Trinajstić information content (AvgIpc) is 2.46. The van der Waals surface area contributed by atoms with Gasteiger partial charge in [0.2, 0.25) is 0 Å². The molecule has 3 heteroatoms. The lowest BCUT2D eigenvalue weighted by atomic mass is 10.1. The van der Waals surface area contributed by atoms with E-state index in [4.69, 9.17) is 23.2 Å². The van der Waals surface area contributed by atoms with Crippen molar-refractivity contribution in [2.24, 2.45) is 0 Å². The Morgan fingerprint density at radius 1 is 0.750 bits per heavy atom. The van der Waals surface area contributed by atoms with Crippen LogP contribution in [0.5, 0.6) is 0 Å². The zero-order chi connectivity index (χ0) is 13.9. The topological polar surface area (TPSA) is 12.9 Å². The first kappa shape index (κ1) is 13.2. The van der Waals surface area contributed by atoms with Gasteiger partial charge in [-0.15, -0.1) is 0 Å². The summed E-state index contributed by atoms with van der Waals surface area (Å²) in [6, 6.07) is 17.5. The van der Waals surface area contributed by atoms with Crippen LogP contribution in [0.25, 0.3) is 23.1 Å². The summed E-state index contributed by atoms with van der Waals surface area (Å²) in [5, 5.41) is 2.39. The first-order valence-electron chi connectivity index (χ1n) is 6.22. The van der Waals surface area contributed by atoms with Gasteiger partial charge >= 0.3 is 0 Å². The van der Waals surface area contributed by atoms with E-state index in [1.54, 1.807) is 0 Å². The van der Waals surface area contributed by atoms with Gasteiger partial charge in [0.15, 0.2) is 0 Å². The third kappa shape index (κ3) is 2.69. The third-order valence-electron chi connectivity index (χ3n) is 3.04. The molecule has 1 aromatic heterocycles. The van der Waals surface area contributed by atoms with Crippen molar-refractivity contribution in [2.45, 2.75) is 0 Å². The van der Waals surface area contributed by atoms with Gasteiger partial charge in [-0.05, 0) is 36.4 Å². The molecule has 98 valence electrons. The average molecular weight is 300 g/mol. The Bertz CT molecular complexity index is 774. The molecule has 0 radical (unpaired) electrons. The summed E-state index contributed by atoms with van der Waals surface area (Å²) in [7, 11) is 0. The quantitative estimate of drug-likeness (QED) is 0.590. The molecule has 1 heterocycles. The Balaban J connectivity index is 1.98. The van der Waals surface area contributed by atoms with Crippen molar-refractivity contribution in [3.05, 3.63) is 75.9 Å². The van der Waals surface area contributed by atoms with Gasteiger partial charge in [-0.1, -0.05) is 53.5 Å². The number of hydrogen-bond donors (Lipinski definition) is 0. The molecule has 3 rings (SSSR count). The number of pyridine rings is 1. The normalized spacial score (nSPS) is 11.3. The van der Waals surface area contributed by atoms with Crippen molar-refractivity contribution >= 4 is 46.3 Å². The number of para-hydroxylation sites is 1. The number of aromatic nitrogens is 1. The Morgan fingerprint density at radius 2 is 1.50 bits per heavy atom. The lowest BCUT2D eigenvalue weighted by molar-refractivity contribution is 1.37. The van der Waals surface area contributed by atoms with E-state index in [9.17, 15) is 0 Å². The number of hydrogen-bond acceptors (Lipinski definition) is 1. The fraction of sp³-hybridized carbons (Fsp3) is 0. The molecule has 3 aromatic rings. The molecule has 1 nitrogen and oxygen atoms in total. The van der Waals surface area contributed by atoms with E-state index in [0.717, 1.165) is 22.2 Å². The minimum Gasteiger partial charge on any atom is -0.248 e. The van der Waals surface area contributed by atoms with Gasteiger partial charge in [0.1, 0.15) is 0 Å². The first-order chi connectivity index (χ1) is 9.74. The minimum atomic E-state index is 0.634. The van der Waals surface area contributed by atoms with Crippen LogP contribution in [0, 0.1) is 0 Å². The highest BCUT2D eigenvalue weighted by Gasteiger charge is 2.01. The summed E-state index contributed by atoms with van der Waals surface area (Å²) in [6.07, 6.45) is 3.81. The Kier molecular flexibility index (Phi) is 3.72. The molecule has 0 aliphatic carbocycles. The molecular formula is C17H11Cl2N. The highest BCUT2D eigenvalue weighted by Crippen LogP contribution is 2.26. The smallest absolute Gasteiger partial charge is 0.0709 e. The Labute approximate surface area is 127 Å². The molecular weight excluding hydrogens is 289 g/mol. The molecule has 0 saturated carbocycles. The predicted octanol–water partition coefficient (Wildman–Crippen LogP) is 5.71. The second kappa shape index (κ2) is 5.66. The van der Waals surface area contributed by atoms with Crippen LogP contribution in [-0.2, 0) is 0 Å². The molecule has 0 aliphatic heterocycles. The second-order valence-corrected chi connectivity index (χ2v) is 5.21. The van der Waals surface area contributed by atoms with E-state index in [0.29, 0.717) is 10.0 Å². The van der Waals surface area contributed by atoms with Gasteiger partial charge in [-0.3, -0.25) is 0 Å². The minimum absolute atomic E-state index is 0.634. The van der Waals surface area contributed by atoms with Crippen molar-refractivity contribution in [2.75, 3.05) is 0 Å². The van der Waals surface area contributed by atoms with Crippen molar-refractivity contribution in [3.8, 4) is 0 Å². The zero-order valence-electron chi connectivity index (χ0n) is 10.6. The summed E-state index contributed by atoms with van der Waals surface area (Å²) in [5.41, 5.74) is 2.66. The van der Waals surface area contributed by atoms with Crippen LogP contribution in [0.4, 0.5) is 0 Å². The maximum absolute atomic E-state index is 6.13. The third-order valence-corrected chi connectivity index (χ3v) is 3.70.